The van der Waals surface area contributed by atoms with Crippen LogP contribution in [0.25, 0.3) is 0 Å². The molecule has 3 heteroatoms. The molecule has 1 aliphatic carbocycles. The van der Waals surface area contributed by atoms with Gasteiger partial charge in [-0.1, -0.05) is 46.6 Å². The van der Waals surface area contributed by atoms with E-state index in [0.717, 1.165) is 17.3 Å². The van der Waals surface area contributed by atoms with E-state index < -0.39 is 0 Å². The molecule has 0 amide bonds. The Balaban J connectivity index is 1.92. The van der Waals surface area contributed by atoms with Gasteiger partial charge in [-0.15, -0.1) is 0 Å². The van der Waals surface area contributed by atoms with Crippen LogP contribution in [0.2, 0.25) is 0 Å². The molecular formula is C17H17BrFN. The van der Waals surface area contributed by atoms with Gasteiger partial charge in [0.2, 0.25) is 0 Å². The van der Waals surface area contributed by atoms with E-state index >= 15 is 0 Å². The zero-order valence-electron chi connectivity index (χ0n) is 11.2. The third kappa shape index (κ3) is 2.88. The second kappa shape index (κ2) is 5.96. The van der Waals surface area contributed by atoms with Crippen molar-refractivity contribution in [3.8, 4) is 0 Å². The molecule has 0 saturated carbocycles. The molecule has 1 N–H and O–H groups in total. The second-order valence-electron chi connectivity index (χ2n) is 5.27. The van der Waals surface area contributed by atoms with Crippen LogP contribution in [-0.2, 0) is 6.42 Å². The first-order chi connectivity index (χ1) is 9.74. The SMILES string of the molecule is Fc1ccc(Br)cc1NC1CCCCc2ccccc21. The van der Waals surface area contributed by atoms with Gasteiger partial charge in [0, 0.05) is 4.47 Å². The molecule has 0 spiro atoms. The van der Waals surface area contributed by atoms with Crippen LogP contribution in [0.4, 0.5) is 10.1 Å². The average Bonchev–Trinajstić information content (AvgIpc) is 2.66. The molecule has 3 rings (SSSR count). The summed E-state index contributed by atoms with van der Waals surface area (Å²) in [6.07, 6.45) is 4.54. The van der Waals surface area contributed by atoms with E-state index in [9.17, 15) is 4.39 Å². The number of halogens is 2. The Morgan fingerprint density at radius 2 is 1.95 bits per heavy atom. The lowest BCUT2D eigenvalue weighted by Crippen LogP contribution is -2.12. The summed E-state index contributed by atoms with van der Waals surface area (Å²) in [5.41, 5.74) is 3.27. The van der Waals surface area contributed by atoms with E-state index in [-0.39, 0.29) is 11.9 Å². The quantitative estimate of drug-likeness (QED) is 0.718. The Labute approximate surface area is 127 Å². The molecule has 0 heterocycles. The first-order valence-electron chi connectivity index (χ1n) is 7.03. The van der Waals surface area contributed by atoms with Crippen molar-refractivity contribution in [3.05, 3.63) is 63.9 Å². The van der Waals surface area contributed by atoms with Crippen LogP contribution in [0.1, 0.15) is 36.4 Å². The second-order valence-corrected chi connectivity index (χ2v) is 6.18. The van der Waals surface area contributed by atoms with Crippen molar-refractivity contribution < 1.29 is 4.39 Å². The van der Waals surface area contributed by atoms with Gasteiger partial charge in [-0.25, -0.2) is 4.39 Å². The smallest absolute Gasteiger partial charge is 0.146 e. The summed E-state index contributed by atoms with van der Waals surface area (Å²) in [7, 11) is 0. The van der Waals surface area contributed by atoms with Gasteiger partial charge in [0.1, 0.15) is 5.82 Å². The van der Waals surface area contributed by atoms with Crippen molar-refractivity contribution in [1.82, 2.24) is 0 Å². The lowest BCUT2D eigenvalue weighted by atomic mass is 9.99. The largest absolute Gasteiger partial charge is 0.376 e. The Hall–Kier alpha value is -1.35. The number of aryl methyl sites for hydroxylation is 1. The Morgan fingerprint density at radius 3 is 2.85 bits per heavy atom. The van der Waals surface area contributed by atoms with Gasteiger partial charge >= 0.3 is 0 Å². The highest BCUT2D eigenvalue weighted by atomic mass is 79.9. The maximum absolute atomic E-state index is 13.9. The first-order valence-corrected chi connectivity index (χ1v) is 7.83. The molecule has 0 bridgehead atoms. The Bertz CT molecular complexity index is 612. The highest BCUT2D eigenvalue weighted by Crippen LogP contribution is 2.32. The molecule has 0 fully saturated rings. The summed E-state index contributed by atoms with van der Waals surface area (Å²) in [5.74, 6) is -0.199. The molecule has 104 valence electrons. The molecule has 2 aromatic rings. The van der Waals surface area contributed by atoms with E-state index in [4.69, 9.17) is 0 Å². The van der Waals surface area contributed by atoms with Gasteiger partial charge in [-0.3, -0.25) is 0 Å². The molecule has 0 aliphatic heterocycles. The van der Waals surface area contributed by atoms with Crippen LogP contribution in [-0.4, -0.2) is 0 Å². The standard InChI is InChI=1S/C17H17BrFN/c18-13-9-10-15(19)17(11-13)20-16-8-4-2-6-12-5-1-3-7-14(12)16/h1,3,5,7,9-11,16,20H,2,4,6,8H2. The number of anilines is 1. The minimum absolute atomic E-state index is 0.192. The number of hydrogen-bond donors (Lipinski definition) is 1. The fourth-order valence-electron chi connectivity index (χ4n) is 2.87. The van der Waals surface area contributed by atoms with Gasteiger partial charge in [-0.2, -0.15) is 0 Å². The summed E-state index contributed by atoms with van der Waals surface area (Å²) in [6.45, 7) is 0. The van der Waals surface area contributed by atoms with E-state index in [1.165, 1.54) is 30.0 Å². The van der Waals surface area contributed by atoms with Crippen molar-refractivity contribution in [2.45, 2.75) is 31.7 Å². The highest BCUT2D eigenvalue weighted by Gasteiger charge is 2.19. The van der Waals surface area contributed by atoms with Crippen molar-refractivity contribution in [2.75, 3.05) is 5.32 Å². The monoisotopic (exact) mass is 333 g/mol. The van der Waals surface area contributed by atoms with Crippen molar-refractivity contribution in [2.24, 2.45) is 0 Å². The maximum Gasteiger partial charge on any atom is 0.146 e. The predicted molar refractivity (Wildman–Crippen MR) is 84.5 cm³/mol. The van der Waals surface area contributed by atoms with E-state index in [0.29, 0.717) is 5.69 Å². The van der Waals surface area contributed by atoms with Crippen LogP contribution in [0.5, 0.6) is 0 Å². The molecule has 1 nitrogen and oxygen atoms in total. The number of fused-ring (bicyclic) bond motifs is 1. The summed E-state index contributed by atoms with van der Waals surface area (Å²) >= 11 is 3.40. The fraction of sp³-hybridized carbons (Fsp3) is 0.294. The third-order valence-corrected chi connectivity index (χ3v) is 4.37. The van der Waals surface area contributed by atoms with Gasteiger partial charge in [0.15, 0.2) is 0 Å². The molecule has 0 aromatic heterocycles. The lowest BCUT2D eigenvalue weighted by Gasteiger charge is -2.21. The van der Waals surface area contributed by atoms with Gasteiger partial charge < -0.3 is 5.32 Å². The normalized spacial score (nSPS) is 18.2. The minimum Gasteiger partial charge on any atom is -0.376 e. The predicted octanol–water partition coefficient (Wildman–Crippen LogP) is 5.47. The summed E-state index contributed by atoms with van der Waals surface area (Å²) in [6, 6.07) is 13.7. The molecule has 1 aliphatic rings. The van der Waals surface area contributed by atoms with Crippen LogP contribution in [0, 0.1) is 5.82 Å². The van der Waals surface area contributed by atoms with Crippen LogP contribution < -0.4 is 5.32 Å². The van der Waals surface area contributed by atoms with Crippen LogP contribution in [0.15, 0.2) is 46.9 Å². The molecular weight excluding hydrogens is 317 g/mol. The highest BCUT2D eigenvalue weighted by molar-refractivity contribution is 9.10. The molecule has 2 aromatic carbocycles. The minimum atomic E-state index is -0.199. The number of benzene rings is 2. The van der Waals surface area contributed by atoms with E-state index in [2.05, 4.69) is 45.5 Å². The zero-order valence-corrected chi connectivity index (χ0v) is 12.8. The van der Waals surface area contributed by atoms with Gasteiger partial charge in [0.25, 0.3) is 0 Å². The summed E-state index contributed by atoms with van der Waals surface area (Å²) in [5, 5.41) is 3.38. The lowest BCUT2D eigenvalue weighted by molar-refractivity contribution is 0.612. The summed E-state index contributed by atoms with van der Waals surface area (Å²) < 4.78 is 14.8. The third-order valence-electron chi connectivity index (χ3n) is 3.88. The first kappa shape index (κ1) is 13.6. The number of nitrogens with one attached hydrogen (secondary N) is 1. The van der Waals surface area contributed by atoms with Gasteiger partial charge in [-0.05, 0) is 48.6 Å². The van der Waals surface area contributed by atoms with Crippen molar-refractivity contribution >= 4 is 21.6 Å². The van der Waals surface area contributed by atoms with E-state index in [1.54, 1.807) is 6.07 Å². The molecule has 1 atom stereocenters. The Morgan fingerprint density at radius 1 is 1.10 bits per heavy atom. The van der Waals surface area contributed by atoms with Crippen molar-refractivity contribution in [3.63, 3.8) is 0 Å². The molecule has 0 radical (unpaired) electrons. The average molecular weight is 334 g/mol. The van der Waals surface area contributed by atoms with Crippen molar-refractivity contribution in [1.29, 1.82) is 0 Å². The zero-order chi connectivity index (χ0) is 13.9. The van der Waals surface area contributed by atoms with Crippen LogP contribution >= 0.6 is 15.9 Å². The molecule has 0 saturated heterocycles. The summed E-state index contributed by atoms with van der Waals surface area (Å²) in [4.78, 5) is 0. The maximum atomic E-state index is 13.9. The number of rotatable bonds is 2. The van der Waals surface area contributed by atoms with Crippen LogP contribution in [0.3, 0.4) is 0 Å². The number of hydrogen-bond acceptors (Lipinski definition) is 1. The Kier molecular flexibility index (Phi) is 4.06. The topological polar surface area (TPSA) is 12.0 Å². The molecule has 1 unspecified atom stereocenters. The van der Waals surface area contributed by atoms with E-state index in [1.807, 2.05) is 6.07 Å². The fourth-order valence-corrected chi connectivity index (χ4v) is 3.23. The molecule has 20 heavy (non-hydrogen) atoms. The van der Waals surface area contributed by atoms with Gasteiger partial charge in [0.05, 0.1) is 11.7 Å².